The second-order valence-corrected chi connectivity index (χ2v) is 7.84. The lowest BCUT2D eigenvalue weighted by molar-refractivity contribution is 0.610. The SMILES string of the molecule is CCc1ccc(CNC(=NCc2nnc(C)n2C)NC2CCCC2)s1.I. The van der Waals surface area contributed by atoms with Crippen molar-refractivity contribution in [2.75, 3.05) is 0 Å². The van der Waals surface area contributed by atoms with Gasteiger partial charge in [0.15, 0.2) is 11.8 Å². The fourth-order valence-corrected chi connectivity index (χ4v) is 3.93. The Bertz CT molecular complexity index is 717. The van der Waals surface area contributed by atoms with E-state index in [4.69, 9.17) is 4.99 Å². The first-order valence-corrected chi connectivity index (χ1v) is 9.94. The monoisotopic (exact) mass is 488 g/mol. The predicted molar refractivity (Wildman–Crippen MR) is 118 cm³/mol. The molecule has 2 heterocycles. The zero-order valence-corrected chi connectivity index (χ0v) is 18.9. The number of thiophene rings is 1. The van der Waals surface area contributed by atoms with Gasteiger partial charge in [-0.15, -0.1) is 45.5 Å². The Morgan fingerprint density at radius 1 is 1.27 bits per heavy atom. The maximum Gasteiger partial charge on any atom is 0.192 e. The van der Waals surface area contributed by atoms with Gasteiger partial charge in [0.25, 0.3) is 0 Å². The van der Waals surface area contributed by atoms with Crippen molar-refractivity contribution in [1.29, 1.82) is 0 Å². The van der Waals surface area contributed by atoms with Gasteiger partial charge in [-0.25, -0.2) is 4.99 Å². The molecule has 0 aromatic carbocycles. The number of nitrogens with one attached hydrogen (secondary N) is 2. The molecule has 0 amide bonds. The zero-order valence-electron chi connectivity index (χ0n) is 15.8. The van der Waals surface area contributed by atoms with Crippen LogP contribution in [0.15, 0.2) is 17.1 Å². The van der Waals surface area contributed by atoms with Gasteiger partial charge in [0.05, 0.1) is 6.54 Å². The molecule has 6 nitrogen and oxygen atoms in total. The van der Waals surface area contributed by atoms with Crippen molar-refractivity contribution in [2.24, 2.45) is 12.0 Å². The van der Waals surface area contributed by atoms with Crippen molar-refractivity contribution >= 4 is 41.3 Å². The highest BCUT2D eigenvalue weighted by Gasteiger charge is 2.16. The van der Waals surface area contributed by atoms with E-state index in [-0.39, 0.29) is 24.0 Å². The lowest BCUT2D eigenvalue weighted by Crippen LogP contribution is -2.42. The first-order chi connectivity index (χ1) is 12.2. The maximum absolute atomic E-state index is 4.75. The molecule has 0 atom stereocenters. The van der Waals surface area contributed by atoms with Crippen LogP contribution in [0.25, 0.3) is 0 Å². The highest BCUT2D eigenvalue weighted by Crippen LogP contribution is 2.18. The van der Waals surface area contributed by atoms with Gasteiger partial charge in [0, 0.05) is 22.8 Å². The summed E-state index contributed by atoms with van der Waals surface area (Å²) in [6, 6.07) is 4.95. The largest absolute Gasteiger partial charge is 0.354 e. The van der Waals surface area contributed by atoms with E-state index in [2.05, 4.69) is 39.9 Å². The first-order valence-electron chi connectivity index (χ1n) is 9.13. The van der Waals surface area contributed by atoms with Crippen LogP contribution in [-0.4, -0.2) is 26.8 Å². The standard InChI is InChI=1S/C18H28N6S.HI/c1-4-15-9-10-16(25-15)11-19-18(21-14-7-5-6-8-14)20-12-17-23-22-13(2)24(17)3;/h9-10,14H,4-8,11-12H2,1-3H3,(H2,19,20,21);1H. The summed E-state index contributed by atoms with van der Waals surface area (Å²) in [6.07, 6.45) is 6.15. The van der Waals surface area contributed by atoms with E-state index in [0.717, 1.165) is 30.6 Å². The van der Waals surface area contributed by atoms with Gasteiger partial charge in [-0.05, 0) is 38.3 Å². The molecular weight excluding hydrogens is 459 g/mol. The number of aryl methyl sites for hydroxylation is 2. The third-order valence-electron chi connectivity index (χ3n) is 4.75. The molecule has 0 unspecified atom stereocenters. The van der Waals surface area contributed by atoms with Gasteiger partial charge in [0.2, 0.25) is 0 Å². The van der Waals surface area contributed by atoms with Gasteiger partial charge in [-0.2, -0.15) is 0 Å². The Morgan fingerprint density at radius 2 is 2.00 bits per heavy atom. The summed E-state index contributed by atoms with van der Waals surface area (Å²) in [7, 11) is 1.98. The molecule has 1 aliphatic carbocycles. The third-order valence-corrected chi connectivity index (χ3v) is 5.98. The summed E-state index contributed by atoms with van der Waals surface area (Å²) in [6.45, 7) is 5.49. The van der Waals surface area contributed by atoms with Crippen LogP contribution in [0.4, 0.5) is 0 Å². The van der Waals surface area contributed by atoms with E-state index < -0.39 is 0 Å². The van der Waals surface area contributed by atoms with Crippen LogP contribution < -0.4 is 10.6 Å². The molecule has 1 aliphatic rings. The van der Waals surface area contributed by atoms with Crippen LogP contribution in [0.2, 0.25) is 0 Å². The Labute approximate surface area is 176 Å². The summed E-state index contributed by atoms with van der Waals surface area (Å²) in [5, 5.41) is 15.4. The summed E-state index contributed by atoms with van der Waals surface area (Å²) < 4.78 is 1.99. The van der Waals surface area contributed by atoms with E-state index >= 15 is 0 Å². The molecular formula is C18H29IN6S. The Hall–Kier alpha value is -1.16. The molecule has 1 fully saturated rings. The summed E-state index contributed by atoms with van der Waals surface area (Å²) in [5.41, 5.74) is 0. The van der Waals surface area contributed by atoms with Crippen molar-refractivity contribution in [3.05, 3.63) is 33.5 Å². The van der Waals surface area contributed by atoms with Gasteiger partial charge in [0.1, 0.15) is 12.4 Å². The van der Waals surface area contributed by atoms with E-state index in [1.165, 1.54) is 35.4 Å². The first kappa shape index (κ1) is 21.1. The summed E-state index contributed by atoms with van der Waals surface area (Å²) in [5.74, 6) is 2.67. The van der Waals surface area contributed by atoms with Crippen LogP contribution in [0, 0.1) is 6.92 Å². The van der Waals surface area contributed by atoms with Gasteiger partial charge in [-0.3, -0.25) is 0 Å². The molecule has 2 aromatic heterocycles. The second kappa shape index (κ2) is 10.2. The van der Waals surface area contributed by atoms with Gasteiger partial charge >= 0.3 is 0 Å². The quantitative estimate of drug-likeness (QED) is 0.371. The molecule has 0 saturated heterocycles. The van der Waals surface area contributed by atoms with Crippen LogP contribution in [0.1, 0.15) is 54.0 Å². The van der Waals surface area contributed by atoms with Crippen LogP contribution in [-0.2, 0) is 26.6 Å². The van der Waals surface area contributed by atoms with Crippen LogP contribution in [0.5, 0.6) is 0 Å². The minimum atomic E-state index is 0. The third kappa shape index (κ3) is 5.67. The summed E-state index contributed by atoms with van der Waals surface area (Å²) >= 11 is 1.87. The van der Waals surface area contributed by atoms with Gasteiger partial charge in [-0.1, -0.05) is 19.8 Å². The minimum Gasteiger partial charge on any atom is -0.354 e. The van der Waals surface area contributed by atoms with Crippen LogP contribution in [0.3, 0.4) is 0 Å². The lowest BCUT2D eigenvalue weighted by atomic mass is 10.2. The van der Waals surface area contributed by atoms with E-state index in [1.54, 1.807) is 0 Å². The van der Waals surface area contributed by atoms with E-state index in [0.29, 0.717) is 12.6 Å². The van der Waals surface area contributed by atoms with E-state index in [1.807, 2.05) is 29.9 Å². The summed E-state index contributed by atoms with van der Waals surface area (Å²) in [4.78, 5) is 7.51. The van der Waals surface area contributed by atoms with Crippen LogP contribution >= 0.6 is 35.3 Å². The van der Waals surface area contributed by atoms with Crippen molar-refractivity contribution in [1.82, 2.24) is 25.4 Å². The number of hydrogen-bond donors (Lipinski definition) is 2. The highest BCUT2D eigenvalue weighted by atomic mass is 127. The number of rotatable bonds is 6. The molecule has 0 radical (unpaired) electrons. The Morgan fingerprint density at radius 3 is 2.62 bits per heavy atom. The van der Waals surface area contributed by atoms with E-state index in [9.17, 15) is 0 Å². The van der Waals surface area contributed by atoms with Crippen molar-refractivity contribution in [3.8, 4) is 0 Å². The number of hydrogen-bond acceptors (Lipinski definition) is 4. The smallest absolute Gasteiger partial charge is 0.192 e. The predicted octanol–water partition coefficient (Wildman–Crippen LogP) is 3.54. The fraction of sp³-hybridized carbons (Fsp3) is 0.611. The van der Waals surface area contributed by atoms with Crippen molar-refractivity contribution in [2.45, 2.75) is 65.1 Å². The molecule has 2 N–H and O–H groups in total. The number of nitrogens with zero attached hydrogens (tertiary/aromatic N) is 4. The molecule has 3 rings (SSSR count). The molecule has 26 heavy (non-hydrogen) atoms. The molecule has 8 heteroatoms. The number of halogens is 1. The number of aromatic nitrogens is 3. The zero-order chi connectivity index (χ0) is 17.6. The molecule has 1 saturated carbocycles. The Balaban J connectivity index is 0.00000243. The average molecular weight is 488 g/mol. The Kier molecular flexibility index (Phi) is 8.33. The van der Waals surface area contributed by atoms with Crippen molar-refractivity contribution < 1.29 is 0 Å². The molecule has 0 bridgehead atoms. The minimum absolute atomic E-state index is 0. The average Bonchev–Trinajstić information content (AvgIpc) is 3.35. The molecule has 2 aromatic rings. The fourth-order valence-electron chi connectivity index (χ4n) is 3.03. The van der Waals surface area contributed by atoms with Gasteiger partial charge < -0.3 is 15.2 Å². The maximum atomic E-state index is 4.75. The lowest BCUT2D eigenvalue weighted by Gasteiger charge is -2.17. The molecule has 144 valence electrons. The normalized spacial score (nSPS) is 15.1. The molecule has 0 aliphatic heterocycles. The second-order valence-electron chi connectivity index (χ2n) is 6.59. The number of aliphatic imine (C=N–C) groups is 1. The number of guanidine groups is 1. The molecule has 0 spiro atoms. The highest BCUT2D eigenvalue weighted by molar-refractivity contribution is 14.0. The topological polar surface area (TPSA) is 67.1 Å². The van der Waals surface area contributed by atoms with Crippen molar-refractivity contribution in [3.63, 3.8) is 0 Å².